The summed E-state index contributed by atoms with van der Waals surface area (Å²) in [5.74, 6) is -0.278. The van der Waals surface area contributed by atoms with E-state index in [1.165, 1.54) is 12.1 Å². The minimum Gasteiger partial charge on any atom is -0.307 e. The van der Waals surface area contributed by atoms with Crippen molar-refractivity contribution in [3.63, 3.8) is 0 Å². The highest BCUT2D eigenvalue weighted by atomic mass is 35.5. The van der Waals surface area contributed by atoms with Gasteiger partial charge < -0.3 is 5.32 Å². The lowest BCUT2D eigenvalue weighted by molar-refractivity contribution is 0.627. The fourth-order valence-electron chi connectivity index (χ4n) is 1.06. The van der Waals surface area contributed by atoms with Crippen molar-refractivity contribution in [1.29, 1.82) is 0 Å². The first-order valence-corrected chi connectivity index (χ1v) is 3.83. The predicted molar refractivity (Wildman–Crippen MR) is 42.2 cm³/mol. The van der Waals surface area contributed by atoms with Crippen LogP contribution in [0.4, 0.5) is 4.39 Å². The molecule has 1 aromatic carbocycles. The van der Waals surface area contributed by atoms with Crippen LogP contribution in [0.5, 0.6) is 0 Å². The molecule has 0 aliphatic carbocycles. The maximum Gasteiger partial charge on any atom is 0.124 e. The molecule has 1 aromatic rings. The first-order valence-electron chi connectivity index (χ1n) is 3.46. The fourth-order valence-corrected chi connectivity index (χ4v) is 1.36. The molecule has 3 heteroatoms. The largest absolute Gasteiger partial charge is 0.307 e. The van der Waals surface area contributed by atoms with Gasteiger partial charge in [-0.3, -0.25) is 0 Å². The molecule has 0 spiro atoms. The van der Waals surface area contributed by atoms with Crippen LogP contribution in [-0.2, 0) is 0 Å². The van der Waals surface area contributed by atoms with Crippen molar-refractivity contribution < 1.29 is 4.39 Å². The Morgan fingerprint density at radius 3 is 2.82 bits per heavy atom. The highest BCUT2D eigenvalue weighted by Gasteiger charge is 2.24. The van der Waals surface area contributed by atoms with Crippen molar-refractivity contribution in [3.8, 4) is 0 Å². The zero-order valence-electron chi connectivity index (χ0n) is 5.77. The molecule has 0 bridgehead atoms. The van der Waals surface area contributed by atoms with Gasteiger partial charge in [0.2, 0.25) is 0 Å². The lowest BCUT2D eigenvalue weighted by Gasteiger charge is -1.99. The molecule has 2 rings (SSSR count). The molecule has 1 heterocycles. The third-order valence-corrected chi connectivity index (χ3v) is 2.07. The van der Waals surface area contributed by atoms with Gasteiger partial charge in [-0.25, -0.2) is 4.39 Å². The quantitative estimate of drug-likeness (QED) is 0.643. The van der Waals surface area contributed by atoms with Gasteiger partial charge >= 0.3 is 0 Å². The topological polar surface area (TPSA) is 21.9 Å². The zero-order valence-corrected chi connectivity index (χ0v) is 6.53. The summed E-state index contributed by atoms with van der Waals surface area (Å²) in [5.41, 5.74) is 0.994. The molecular formula is C8H7ClFN. The lowest BCUT2D eigenvalue weighted by Crippen LogP contribution is -1.86. The Hall–Kier alpha value is -0.600. The van der Waals surface area contributed by atoms with Gasteiger partial charge in [-0.2, -0.15) is 0 Å². The Bertz CT molecular complexity index is 283. The van der Waals surface area contributed by atoms with Gasteiger partial charge in [-0.05, 0) is 17.7 Å². The SMILES string of the molecule is Fc1ccc([C@H]2CN2)c(Cl)c1. The summed E-state index contributed by atoms with van der Waals surface area (Å²) in [6.07, 6.45) is 0. The number of nitrogens with one attached hydrogen (secondary N) is 1. The van der Waals surface area contributed by atoms with E-state index in [0.29, 0.717) is 11.1 Å². The third-order valence-electron chi connectivity index (χ3n) is 1.75. The van der Waals surface area contributed by atoms with Crippen molar-refractivity contribution in [2.24, 2.45) is 0 Å². The number of hydrogen-bond donors (Lipinski definition) is 1. The van der Waals surface area contributed by atoms with E-state index in [9.17, 15) is 4.39 Å². The molecule has 1 saturated heterocycles. The minimum absolute atomic E-state index is 0.278. The molecule has 1 nitrogen and oxygen atoms in total. The van der Waals surface area contributed by atoms with Crippen LogP contribution in [0.3, 0.4) is 0 Å². The van der Waals surface area contributed by atoms with Crippen molar-refractivity contribution in [1.82, 2.24) is 5.32 Å². The van der Waals surface area contributed by atoms with Crippen LogP contribution in [0.15, 0.2) is 18.2 Å². The summed E-state index contributed by atoms with van der Waals surface area (Å²) in [6.45, 7) is 0.950. The number of hydrogen-bond acceptors (Lipinski definition) is 1. The van der Waals surface area contributed by atoms with Crippen molar-refractivity contribution in [3.05, 3.63) is 34.6 Å². The van der Waals surface area contributed by atoms with Gasteiger partial charge in [0.25, 0.3) is 0 Å². The second-order valence-electron chi connectivity index (χ2n) is 2.63. The highest BCUT2D eigenvalue weighted by molar-refractivity contribution is 6.31. The van der Waals surface area contributed by atoms with Gasteiger partial charge in [0.1, 0.15) is 5.82 Å². The molecule has 1 aliphatic heterocycles. The molecule has 1 N–H and O–H groups in total. The monoisotopic (exact) mass is 171 g/mol. The first-order chi connectivity index (χ1) is 5.27. The van der Waals surface area contributed by atoms with E-state index in [2.05, 4.69) is 5.32 Å². The van der Waals surface area contributed by atoms with Gasteiger partial charge in [-0.1, -0.05) is 17.7 Å². The maximum absolute atomic E-state index is 12.5. The van der Waals surface area contributed by atoms with Crippen molar-refractivity contribution >= 4 is 11.6 Å². The number of rotatable bonds is 1. The van der Waals surface area contributed by atoms with Crippen LogP contribution in [0, 0.1) is 5.82 Å². The summed E-state index contributed by atoms with van der Waals surface area (Å²) in [4.78, 5) is 0. The molecule has 0 radical (unpaired) electrons. The van der Waals surface area contributed by atoms with Crippen molar-refractivity contribution in [2.45, 2.75) is 6.04 Å². The summed E-state index contributed by atoms with van der Waals surface area (Å²) >= 11 is 5.78. The van der Waals surface area contributed by atoms with Crippen LogP contribution in [-0.4, -0.2) is 6.54 Å². The van der Waals surface area contributed by atoms with E-state index >= 15 is 0 Å². The van der Waals surface area contributed by atoms with Gasteiger partial charge in [0, 0.05) is 17.6 Å². The van der Waals surface area contributed by atoms with E-state index in [1.807, 2.05) is 0 Å². The molecule has 0 saturated carbocycles. The third kappa shape index (κ3) is 1.37. The maximum atomic E-state index is 12.5. The van der Waals surface area contributed by atoms with Crippen LogP contribution in [0.25, 0.3) is 0 Å². The van der Waals surface area contributed by atoms with Gasteiger partial charge in [0.05, 0.1) is 0 Å². The average molecular weight is 172 g/mol. The van der Waals surface area contributed by atoms with Gasteiger partial charge in [-0.15, -0.1) is 0 Å². The Balaban J connectivity index is 2.39. The van der Waals surface area contributed by atoms with E-state index in [0.717, 1.165) is 12.1 Å². The molecule has 1 aliphatic rings. The van der Waals surface area contributed by atoms with Gasteiger partial charge in [0.15, 0.2) is 0 Å². The second-order valence-corrected chi connectivity index (χ2v) is 3.03. The fraction of sp³-hybridized carbons (Fsp3) is 0.250. The summed E-state index contributed by atoms with van der Waals surface area (Å²) in [6, 6.07) is 4.85. The standard InChI is InChI=1S/C8H7ClFN/c9-7-3-5(10)1-2-6(7)8-4-11-8/h1-3,8,11H,4H2/t8-/m1/s1. The predicted octanol–water partition coefficient (Wildman–Crippen LogP) is 2.12. The molecule has 58 valence electrons. The summed E-state index contributed by atoms with van der Waals surface area (Å²) < 4.78 is 12.5. The zero-order chi connectivity index (χ0) is 7.84. The van der Waals surface area contributed by atoms with E-state index < -0.39 is 0 Å². The normalized spacial score (nSPS) is 21.8. The van der Waals surface area contributed by atoms with E-state index in [-0.39, 0.29) is 5.82 Å². The van der Waals surface area contributed by atoms with Crippen LogP contribution in [0.2, 0.25) is 5.02 Å². The Morgan fingerprint density at radius 2 is 2.27 bits per heavy atom. The molecule has 1 atom stereocenters. The smallest absolute Gasteiger partial charge is 0.124 e. The first kappa shape index (κ1) is 7.07. The molecule has 11 heavy (non-hydrogen) atoms. The number of halogens is 2. The van der Waals surface area contributed by atoms with Crippen LogP contribution < -0.4 is 5.32 Å². The molecular weight excluding hydrogens is 165 g/mol. The molecule has 0 amide bonds. The average Bonchev–Trinajstić information content (AvgIpc) is 2.70. The highest BCUT2D eigenvalue weighted by Crippen LogP contribution is 2.28. The Labute approximate surface area is 69.2 Å². The minimum atomic E-state index is -0.278. The van der Waals surface area contributed by atoms with Crippen LogP contribution in [0.1, 0.15) is 11.6 Å². The lowest BCUT2D eigenvalue weighted by atomic mass is 10.1. The van der Waals surface area contributed by atoms with E-state index in [4.69, 9.17) is 11.6 Å². The molecule has 1 fully saturated rings. The molecule has 0 unspecified atom stereocenters. The Morgan fingerprint density at radius 1 is 1.55 bits per heavy atom. The summed E-state index contributed by atoms with van der Waals surface area (Å²) in [7, 11) is 0. The summed E-state index contributed by atoms with van der Waals surface area (Å²) in [5, 5.41) is 3.62. The van der Waals surface area contributed by atoms with E-state index in [1.54, 1.807) is 6.07 Å². The number of benzene rings is 1. The Kier molecular flexibility index (Phi) is 1.59. The van der Waals surface area contributed by atoms with Crippen molar-refractivity contribution in [2.75, 3.05) is 6.54 Å². The van der Waals surface area contributed by atoms with Crippen LogP contribution >= 0.6 is 11.6 Å². The second kappa shape index (κ2) is 2.47. The molecule has 0 aromatic heterocycles.